The zero-order valence-electron chi connectivity index (χ0n) is 35.9. The van der Waals surface area contributed by atoms with Crippen LogP contribution in [0.5, 0.6) is 0 Å². The number of amides is 3. The third-order valence-electron chi connectivity index (χ3n) is 9.73. The Balaban J connectivity index is 0.000000315. The van der Waals surface area contributed by atoms with Crippen molar-refractivity contribution in [1.29, 1.82) is 0 Å². The van der Waals surface area contributed by atoms with E-state index < -0.39 is 17.6 Å². The first kappa shape index (κ1) is 46.3. The van der Waals surface area contributed by atoms with E-state index in [2.05, 4.69) is 43.0 Å². The molecule has 2 aromatic heterocycles. The molecule has 0 radical (unpaired) electrons. The fraction of sp³-hybridized carbons (Fsp3) is 0.468. The zero-order chi connectivity index (χ0) is 42.3. The minimum atomic E-state index is -0.600. The zero-order valence-corrected chi connectivity index (χ0v) is 35.9. The quantitative estimate of drug-likeness (QED) is 0.124. The molecule has 0 aliphatic carbocycles. The molecule has 0 saturated carbocycles. The first-order valence-corrected chi connectivity index (χ1v) is 20.2. The summed E-state index contributed by atoms with van der Waals surface area (Å²) in [7, 11) is 0. The van der Waals surface area contributed by atoms with Gasteiger partial charge in [0, 0.05) is 73.9 Å². The lowest BCUT2D eigenvalue weighted by molar-refractivity contribution is -0.138. The summed E-state index contributed by atoms with van der Waals surface area (Å²) in [6, 6.07) is 27.8. The van der Waals surface area contributed by atoms with Crippen molar-refractivity contribution in [3.8, 4) is 0 Å². The summed E-state index contributed by atoms with van der Waals surface area (Å²) in [5.74, 6) is -1.10. The number of benzene rings is 2. The van der Waals surface area contributed by atoms with Gasteiger partial charge in [0.1, 0.15) is 5.60 Å². The number of alkyl carbamates (subject to hydrolysis) is 1. The van der Waals surface area contributed by atoms with Crippen LogP contribution in [0.4, 0.5) is 4.79 Å². The number of hydrogen-bond donors (Lipinski definition) is 2. The van der Waals surface area contributed by atoms with Crippen LogP contribution in [0.3, 0.4) is 0 Å². The highest BCUT2D eigenvalue weighted by Crippen LogP contribution is 2.36. The van der Waals surface area contributed by atoms with E-state index in [9.17, 15) is 14.4 Å². The van der Waals surface area contributed by atoms with Crippen molar-refractivity contribution in [2.45, 2.75) is 130 Å². The number of aromatic nitrogens is 2. The molecule has 308 valence electrons. The van der Waals surface area contributed by atoms with E-state index in [4.69, 9.17) is 10.5 Å². The van der Waals surface area contributed by atoms with Crippen molar-refractivity contribution in [2.75, 3.05) is 13.1 Å². The van der Waals surface area contributed by atoms with E-state index in [1.807, 2.05) is 143 Å². The number of rotatable bonds is 15. The molecule has 2 heterocycles. The summed E-state index contributed by atoms with van der Waals surface area (Å²) in [5, 5.41) is 2.89. The standard InChI is InChI=1S/C26H37N3O3.C21H29N3O/c1-18(2)29(19(3)4)24(30)23(21-14-11-15-27-16-21)22(20-12-9-8-10-13-20)17-28-25(31)32-26(5,6)7;1-15(2)24(16(3)4)21(25)20(18-11-8-12-23-14-18)19(13-22)17-9-6-5-7-10-17/h8-16,18-19,22-23H,17H2,1-7H3,(H,28,31);5-12,14-16,19-20H,13,22H2,1-4H3. The van der Waals surface area contributed by atoms with Crippen molar-refractivity contribution >= 4 is 17.9 Å². The molecule has 0 spiro atoms. The maximum atomic E-state index is 14.0. The molecule has 0 bridgehead atoms. The highest BCUT2D eigenvalue weighted by molar-refractivity contribution is 5.86. The highest BCUT2D eigenvalue weighted by Gasteiger charge is 2.37. The van der Waals surface area contributed by atoms with E-state index in [-0.39, 0.29) is 60.3 Å². The monoisotopic (exact) mass is 779 g/mol. The number of carbonyl (C=O) groups is 3. The molecule has 0 aliphatic heterocycles. The summed E-state index contributed by atoms with van der Waals surface area (Å²) < 4.78 is 5.44. The number of pyridine rings is 2. The third-order valence-corrected chi connectivity index (χ3v) is 9.73. The van der Waals surface area contributed by atoms with Gasteiger partial charge in [-0.15, -0.1) is 0 Å². The van der Waals surface area contributed by atoms with Gasteiger partial charge >= 0.3 is 6.09 Å². The number of nitrogens with one attached hydrogen (secondary N) is 1. The normalized spacial score (nSPS) is 13.6. The second-order valence-electron chi connectivity index (χ2n) is 16.5. The summed E-state index contributed by atoms with van der Waals surface area (Å²) in [5.41, 5.74) is 9.33. The second-order valence-corrected chi connectivity index (χ2v) is 16.5. The Morgan fingerprint density at radius 1 is 0.596 bits per heavy atom. The van der Waals surface area contributed by atoms with Crippen LogP contribution in [0, 0.1) is 0 Å². The Labute approximate surface area is 341 Å². The van der Waals surface area contributed by atoms with Crippen molar-refractivity contribution in [1.82, 2.24) is 25.1 Å². The molecule has 3 N–H and O–H groups in total. The van der Waals surface area contributed by atoms with E-state index in [1.165, 1.54) is 0 Å². The van der Waals surface area contributed by atoms with Crippen LogP contribution in [0.15, 0.2) is 110 Å². The van der Waals surface area contributed by atoms with Crippen LogP contribution in [-0.2, 0) is 14.3 Å². The van der Waals surface area contributed by atoms with Gasteiger partial charge in [0.25, 0.3) is 0 Å². The lowest BCUT2D eigenvalue weighted by Crippen LogP contribution is -2.47. The van der Waals surface area contributed by atoms with Gasteiger partial charge in [0.05, 0.1) is 11.8 Å². The Morgan fingerprint density at radius 2 is 0.965 bits per heavy atom. The first-order valence-electron chi connectivity index (χ1n) is 20.2. The molecule has 3 amide bonds. The molecule has 10 heteroatoms. The molecule has 57 heavy (non-hydrogen) atoms. The Bertz CT molecular complexity index is 1760. The van der Waals surface area contributed by atoms with E-state index in [0.29, 0.717) is 6.54 Å². The maximum Gasteiger partial charge on any atom is 0.407 e. The number of nitrogens with two attached hydrogens (primary N) is 1. The average molecular weight is 779 g/mol. The SMILES string of the molecule is CC(C)N(C(=O)C(c1cccnc1)C(CN)c1ccccc1)C(C)C.CC(C)N(C(=O)C(c1cccnc1)C(CNC(=O)OC(C)(C)C)c1ccccc1)C(C)C. The predicted molar refractivity (Wildman–Crippen MR) is 230 cm³/mol. The maximum absolute atomic E-state index is 14.0. The second kappa shape index (κ2) is 22.0. The molecule has 4 rings (SSSR count). The summed E-state index contributed by atoms with van der Waals surface area (Å²) in [6.07, 6.45) is 6.45. The molecule has 10 nitrogen and oxygen atoms in total. The molecule has 4 aromatic rings. The molecule has 4 unspecified atom stereocenters. The van der Waals surface area contributed by atoms with Gasteiger partial charge < -0.3 is 25.6 Å². The molecular formula is C47H66N6O4. The first-order chi connectivity index (χ1) is 27.0. The van der Waals surface area contributed by atoms with Gasteiger partial charge in [0.2, 0.25) is 11.8 Å². The fourth-order valence-electron chi connectivity index (χ4n) is 7.55. The number of carbonyl (C=O) groups excluding carboxylic acids is 3. The molecular weight excluding hydrogens is 713 g/mol. The molecule has 0 saturated heterocycles. The Kier molecular flexibility index (Phi) is 17.9. The van der Waals surface area contributed by atoms with Crippen molar-refractivity contribution in [2.24, 2.45) is 5.73 Å². The summed E-state index contributed by atoms with van der Waals surface area (Å²) >= 11 is 0. The molecule has 2 aromatic carbocycles. The van der Waals surface area contributed by atoms with Gasteiger partial charge in [-0.3, -0.25) is 19.6 Å². The largest absolute Gasteiger partial charge is 0.444 e. The van der Waals surface area contributed by atoms with Crippen LogP contribution in [0.2, 0.25) is 0 Å². The van der Waals surface area contributed by atoms with E-state index in [1.54, 1.807) is 24.8 Å². The Hall–Kier alpha value is -5.09. The topological polar surface area (TPSA) is 131 Å². The number of hydrogen-bond acceptors (Lipinski definition) is 7. The fourth-order valence-corrected chi connectivity index (χ4v) is 7.55. The van der Waals surface area contributed by atoms with Crippen LogP contribution in [0.25, 0.3) is 0 Å². The van der Waals surface area contributed by atoms with Crippen LogP contribution < -0.4 is 11.1 Å². The van der Waals surface area contributed by atoms with Crippen molar-refractivity contribution in [3.05, 3.63) is 132 Å². The smallest absolute Gasteiger partial charge is 0.407 e. The van der Waals surface area contributed by atoms with Gasteiger partial charge in [-0.25, -0.2) is 4.79 Å². The van der Waals surface area contributed by atoms with Crippen molar-refractivity contribution < 1.29 is 19.1 Å². The molecule has 0 aliphatic rings. The number of ether oxygens (including phenoxy) is 1. The lowest BCUT2D eigenvalue weighted by Gasteiger charge is -2.37. The van der Waals surface area contributed by atoms with E-state index in [0.717, 1.165) is 22.3 Å². The highest BCUT2D eigenvalue weighted by atomic mass is 16.6. The molecule has 0 fully saturated rings. The van der Waals surface area contributed by atoms with Gasteiger partial charge in [-0.1, -0.05) is 72.8 Å². The summed E-state index contributed by atoms with van der Waals surface area (Å²) in [6.45, 7) is 22.4. The van der Waals surface area contributed by atoms with Gasteiger partial charge in [0.15, 0.2) is 0 Å². The van der Waals surface area contributed by atoms with E-state index >= 15 is 0 Å². The van der Waals surface area contributed by atoms with Crippen LogP contribution in [-0.4, -0.2) is 80.5 Å². The van der Waals surface area contributed by atoms with Crippen molar-refractivity contribution in [3.63, 3.8) is 0 Å². The number of nitrogens with zero attached hydrogens (tertiary/aromatic N) is 4. The molecule has 4 atom stereocenters. The minimum absolute atomic E-state index is 0.0165. The van der Waals surface area contributed by atoms with Crippen LogP contribution >= 0.6 is 0 Å². The van der Waals surface area contributed by atoms with Crippen LogP contribution in [0.1, 0.15) is 122 Å². The lowest BCUT2D eigenvalue weighted by atomic mass is 9.80. The summed E-state index contributed by atoms with van der Waals surface area (Å²) in [4.78, 5) is 52.3. The minimum Gasteiger partial charge on any atom is -0.444 e. The average Bonchev–Trinajstić information content (AvgIpc) is 3.15. The predicted octanol–water partition coefficient (Wildman–Crippen LogP) is 8.67. The van der Waals surface area contributed by atoms with Gasteiger partial charge in [-0.05, 0) is 111 Å². The third kappa shape index (κ3) is 13.5. The Morgan fingerprint density at radius 3 is 1.30 bits per heavy atom. The van der Waals surface area contributed by atoms with Gasteiger partial charge in [-0.2, -0.15) is 0 Å².